The lowest BCUT2D eigenvalue weighted by atomic mass is 10.1. The zero-order valence-corrected chi connectivity index (χ0v) is 17.0. The highest BCUT2D eigenvalue weighted by Crippen LogP contribution is 2.30. The van der Waals surface area contributed by atoms with Gasteiger partial charge in [-0.05, 0) is 35.9 Å². The van der Waals surface area contributed by atoms with E-state index in [1.165, 1.54) is 4.31 Å². The van der Waals surface area contributed by atoms with Crippen molar-refractivity contribution >= 4 is 15.9 Å². The summed E-state index contributed by atoms with van der Waals surface area (Å²) < 4.78 is 73.1. The average Bonchev–Trinajstić information content (AvgIpc) is 3.17. The fourth-order valence-corrected chi connectivity index (χ4v) is 5.06. The van der Waals surface area contributed by atoms with E-state index in [1.807, 2.05) is 18.2 Å². The Hall–Kier alpha value is -2.79. The molecule has 166 valence electrons. The highest BCUT2D eigenvalue weighted by Gasteiger charge is 2.36. The number of nitrogens with zero attached hydrogens (tertiary/aromatic N) is 2. The van der Waals surface area contributed by atoms with E-state index in [2.05, 4.69) is 4.74 Å². The van der Waals surface area contributed by atoms with Crippen LogP contribution in [0.4, 0.5) is 13.2 Å². The summed E-state index contributed by atoms with van der Waals surface area (Å²) >= 11 is 0. The summed E-state index contributed by atoms with van der Waals surface area (Å²) in [7, 11) is -3.91. The molecule has 0 bridgehead atoms. The molecule has 0 saturated carbocycles. The van der Waals surface area contributed by atoms with Crippen molar-refractivity contribution in [1.29, 1.82) is 0 Å². The van der Waals surface area contributed by atoms with Crippen molar-refractivity contribution in [1.82, 2.24) is 9.21 Å². The number of sulfonamides is 1. The van der Waals surface area contributed by atoms with Crippen molar-refractivity contribution in [2.24, 2.45) is 0 Å². The monoisotopic (exact) mass is 456 g/mol. The Morgan fingerprint density at radius 3 is 2.26 bits per heavy atom. The second-order valence-corrected chi connectivity index (χ2v) is 9.10. The van der Waals surface area contributed by atoms with Gasteiger partial charge in [0.15, 0.2) is 6.10 Å². The molecule has 11 heteroatoms. The second kappa shape index (κ2) is 8.04. The molecule has 2 heterocycles. The summed E-state index contributed by atoms with van der Waals surface area (Å²) in [6.07, 6.45) is -5.00. The van der Waals surface area contributed by atoms with Crippen LogP contribution in [0.3, 0.4) is 0 Å². The third kappa shape index (κ3) is 4.62. The molecule has 1 saturated heterocycles. The van der Waals surface area contributed by atoms with Crippen molar-refractivity contribution in [3.63, 3.8) is 0 Å². The van der Waals surface area contributed by atoms with Gasteiger partial charge < -0.3 is 14.4 Å². The zero-order valence-electron chi connectivity index (χ0n) is 16.2. The molecule has 1 atom stereocenters. The third-order valence-electron chi connectivity index (χ3n) is 5.17. The number of rotatable bonds is 4. The van der Waals surface area contributed by atoms with Gasteiger partial charge in [0.2, 0.25) is 10.0 Å². The number of fused-ring (bicyclic) bond motifs is 1. The fourth-order valence-electron chi connectivity index (χ4n) is 3.63. The second-order valence-electron chi connectivity index (χ2n) is 7.17. The molecular formula is C20H19F3N2O5S. The van der Waals surface area contributed by atoms with Gasteiger partial charge in [0.05, 0.1) is 4.90 Å². The highest BCUT2D eigenvalue weighted by molar-refractivity contribution is 7.89. The van der Waals surface area contributed by atoms with Gasteiger partial charge in [-0.1, -0.05) is 18.2 Å². The molecule has 2 aliphatic rings. The predicted octanol–water partition coefficient (Wildman–Crippen LogP) is 2.42. The number of piperazine rings is 1. The van der Waals surface area contributed by atoms with Crippen LogP contribution in [0.1, 0.15) is 5.56 Å². The maximum absolute atomic E-state index is 12.8. The summed E-state index contributed by atoms with van der Waals surface area (Å²) in [4.78, 5) is 14.2. The molecule has 4 rings (SSSR count). The van der Waals surface area contributed by atoms with Crippen LogP contribution in [0.2, 0.25) is 0 Å². The van der Waals surface area contributed by atoms with Gasteiger partial charge in [-0.15, -0.1) is 13.2 Å². The Balaban J connectivity index is 1.36. The number of halogens is 3. The van der Waals surface area contributed by atoms with Crippen LogP contribution in [-0.4, -0.2) is 62.2 Å². The summed E-state index contributed by atoms with van der Waals surface area (Å²) in [6.45, 7) is 0.552. The van der Waals surface area contributed by atoms with E-state index in [0.717, 1.165) is 29.8 Å². The fraction of sp³-hybridized carbons (Fsp3) is 0.350. The first-order chi connectivity index (χ1) is 14.6. The summed E-state index contributed by atoms with van der Waals surface area (Å²) in [5, 5.41) is 0. The molecule has 0 radical (unpaired) electrons. The van der Waals surface area contributed by atoms with E-state index in [0.29, 0.717) is 12.2 Å². The highest BCUT2D eigenvalue weighted by atomic mass is 32.2. The maximum Gasteiger partial charge on any atom is 0.573 e. The number of ether oxygens (including phenoxy) is 2. The van der Waals surface area contributed by atoms with Crippen molar-refractivity contribution in [3.8, 4) is 11.5 Å². The molecule has 31 heavy (non-hydrogen) atoms. The van der Waals surface area contributed by atoms with E-state index in [9.17, 15) is 26.4 Å². The van der Waals surface area contributed by atoms with Crippen LogP contribution in [-0.2, 0) is 21.2 Å². The molecule has 0 spiro atoms. The lowest BCUT2D eigenvalue weighted by Crippen LogP contribution is -2.53. The maximum atomic E-state index is 12.8. The van der Waals surface area contributed by atoms with E-state index in [1.54, 1.807) is 11.0 Å². The van der Waals surface area contributed by atoms with Crippen LogP contribution in [0.5, 0.6) is 11.5 Å². The van der Waals surface area contributed by atoms with Crippen LogP contribution in [0.25, 0.3) is 0 Å². The van der Waals surface area contributed by atoms with Gasteiger partial charge in [0, 0.05) is 32.6 Å². The average molecular weight is 456 g/mol. The number of para-hydroxylation sites is 1. The van der Waals surface area contributed by atoms with Gasteiger partial charge in [-0.25, -0.2) is 8.42 Å². The smallest absolute Gasteiger partial charge is 0.480 e. The third-order valence-corrected chi connectivity index (χ3v) is 7.08. The Morgan fingerprint density at radius 1 is 1.00 bits per heavy atom. The molecule has 1 unspecified atom stereocenters. The molecule has 1 fully saturated rings. The van der Waals surface area contributed by atoms with E-state index >= 15 is 0 Å². The minimum Gasteiger partial charge on any atom is -0.480 e. The molecule has 2 aromatic carbocycles. The molecule has 0 aromatic heterocycles. The molecule has 2 aromatic rings. The van der Waals surface area contributed by atoms with Crippen molar-refractivity contribution < 1.29 is 35.9 Å². The normalized spacial score (nSPS) is 19.6. The number of benzene rings is 2. The largest absolute Gasteiger partial charge is 0.573 e. The Morgan fingerprint density at radius 2 is 1.65 bits per heavy atom. The standard InChI is InChI=1S/C20H19F3N2O5S/c21-20(22,23)30-15-5-7-16(8-6-15)31(27,28)25-11-9-24(10-12-25)19(26)18-13-14-3-1-2-4-17(14)29-18/h1-8,18H,9-13H2. The quantitative estimate of drug-likeness (QED) is 0.707. The molecule has 2 aliphatic heterocycles. The number of alkyl halides is 3. The van der Waals surface area contributed by atoms with Crippen LogP contribution >= 0.6 is 0 Å². The SMILES string of the molecule is O=C(C1Cc2ccccc2O1)N1CCN(S(=O)(=O)c2ccc(OC(F)(F)F)cc2)CC1. The van der Waals surface area contributed by atoms with Crippen LogP contribution in [0, 0.1) is 0 Å². The summed E-state index contributed by atoms with van der Waals surface area (Å²) in [5.41, 5.74) is 0.958. The van der Waals surface area contributed by atoms with Crippen LogP contribution < -0.4 is 9.47 Å². The van der Waals surface area contributed by atoms with Gasteiger partial charge >= 0.3 is 6.36 Å². The van der Waals surface area contributed by atoms with Gasteiger partial charge in [0.1, 0.15) is 11.5 Å². The minimum absolute atomic E-state index is 0.0779. The number of amides is 1. The first kappa shape index (κ1) is 21.4. The van der Waals surface area contributed by atoms with Gasteiger partial charge in [0.25, 0.3) is 5.91 Å². The Bertz CT molecular complexity index is 1040. The number of hydrogen-bond acceptors (Lipinski definition) is 5. The van der Waals surface area contributed by atoms with Gasteiger partial charge in [-0.2, -0.15) is 4.31 Å². The van der Waals surface area contributed by atoms with Crippen LogP contribution in [0.15, 0.2) is 53.4 Å². The number of hydrogen-bond donors (Lipinski definition) is 0. The van der Waals surface area contributed by atoms with Crippen molar-refractivity contribution in [2.45, 2.75) is 23.8 Å². The minimum atomic E-state index is -4.85. The van der Waals surface area contributed by atoms with E-state index in [-0.39, 0.29) is 37.0 Å². The molecule has 7 nitrogen and oxygen atoms in total. The van der Waals surface area contributed by atoms with Crippen molar-refractivity contribution in [2.75, 3.05) is 26.2 Å². The topological polar surface area (TPSA) is 76.2 Å². The zero-order chi connectivity index (χ0) is 22.2. The van der Waals surface area contributed by atoms with Crippen molar-refractivity contribution in [3.05, 3.63) is 54.1 Å². The first-order valence-corrected chi connectivity index (χ1v) is 11.0. The van der Waals surface area contributed by atoms with E-state index < -0.39 is 28.2 Å². The molecule has 1 amide bonds. The number of carbonyl (C=O) groups excluding carboxylic acids is 1. The predicted molar refractivity (Wildman–Crippen MR) is 103 cm³/mol. The van der Waals surface area contributed by atoms with Gasteiger partial charge in [-0.3, -0.25) is 4.79 Å². The first-order valence-electron chi connectivity index (χ1n) is 9.53. The number of carbonyl (C=O) groups is 1. The molecular weight excluding hydrogens is 437 g/mol. The molecule has 0 aliphatic carbocycles. The Kier molecular flexibility index (Phi) is 5.56. The lowest BCUT2D eigenvalue weighted by molar-refractivity contribution is -0.274. The summed E-state index contributed by atoms with van der Waals surface area (Å²) in [5.74, 6) is -0.0126. The van der Waals surface area contributed by atoms with E-state index in [4.69, 9.17) is 4.74 Å². The molecule has 0 N–H and O–H groups in total. The summed E-state index contributed by atoms with van der Waals surface area (Å²) in [6, 6.07) is 11.5. The Labute approximate surface area is 177 Å². The lowest BCUT2D eigenvalue weighted by Gasteiger charge is -2.35.